The number of H-pyrrole nitrogens is 1. The maximum absolute atomic E-state index is 13.5. The van der Waals surface area contributed by atoms with Crippen LogP contribution in [0.15, 0.2) is 18.6 Å². The van der Waals surface area contributed by atoms with Gasteiger partial charge in [-0.25, -0.2) is 14.8 Å². The number of likely N-dealkylation sites (tertiary alicyclic amines) is 2. The lowest BCUT2D eigenvalue weighted by Gasteiger charge is -2.43. The van der Waals surface area contributed by atoms with Gasteiger partial charge in [0.25, 0.3) is 0 Å². The van der Waals surface area contributed by atoms with Crippen molar-refractivity contribution in [3.8, 4) is 0 Å². The lowest BCUT2D eigenvalue weighted by atomic mass is 9.91. The molecule has 174 valence electrons. The van der Waals surface area contributed by atoms with Crippen LogP contribution in [0.4, 0.5) is 10.6 Å². The number of aromatic amines is 1. The Morgan fingerprint density at radius 3 is 2.75 bits per heavy atom. The maximum atomic E-state index is 13.5. The molecule has 32 heavy (non-hydrogen) atoms. The second kappa shape index (κ2) is 8.60. The van der Waals surface area contributed by atoms with Gasteiger partial charge in [0.05, 0.1) is 11.4 Å². The van der Waals surface area contributed by atoms with E-state index in [4.69, 9.17) is 4.74 Å². The number of ether oxygens (including phenoxy) is 1. The number of hydrogen-bond acceptors (Lipinski definition) is 6. The van der Waals surface area contributed by atoms with Crippen molar-refractivity contribution >= 4 is 28.9 Å². The monoisotopic (exact) mass is 442 g/mol. The van der Waals surface area contributed by atoms with Gasteiger partial charge >= 0.3 is 6.09 Å². The van der Waals surface area contributed by atoms with Crippen molar-refractivity contribution in [3.63, 3.8) is 0 Å². The number of anilines is 1. The molecule has 9 heteroatoms. The predicted octanol–water partition coefficient (Wildman–Crippen LogP) is 3.03. The molecule has 9 nitrogen and oxygen atoms in total. The first kappa shape index (κ1) is 22.4. The topological polar surface area (TPSA) is 94.7 Å². The summed E-state index contributed by atoms with van der Waals surface area (Å²) in [6, 6.07) is 1.66. The number of aromatic nitrogens is 3. The number of amides is 2. The highest BCUT2D eigenvalue weighted by Gasteiger charge is 2.41. The SMILES string of the molecule is CC1CCN(C(=O)C2CCCN2C(=O)OC(C)(C)C)CC1N(C)c1ncnc2[nH]ccc12. The quantitative estimate of drug-likeness (QED) is 0.785. The van der Waals surface area contributed by atoms with Crippen molar-refractivity contribution in [2.75, 3.05) is 31.6 Å². The lowest BCUT2D eigenvalue weighted by Crippen LogP contribution is -2.57. The average Bonchev–Trinajstić information content (AvgIpc) is 3.41. The van der Waals surface area contributed by atoms with Gasteiger partial charge in [-0.1, -0.05) is 6.92 Å². The molecule has 0 spiro atoms. The number of likely N-dealkylation sites (N-methyl/N-ethyl adjacent to an activating group) is 1. The summed E-state index contributed by atoms with van der Waals surface area (Å²) in [5.41, 5.74) is 0.222. The molecule has 0 bridgehead atoms. The molecular formula is C23H34N6O3. The molecule has 0 radical (unpaired) electrons. The van der Waals surface area contributed by atoms with E-state index >= 15 is 0 Å². The Kier molecular flexibility index (Phi) is 6.01. The van der Waals surface area contributed by atoms with Crippen molar-refractivity contribution in [3.05, 3.63) is 18.6 Å². The van der Waals surface area contributed by atoms with E-state index in [9.17, 15) is 9.59 Å². The van der Waals surface area contributed by atoms with Crippen LogP contribution >= 0.6 is 0 Å². The van der Waals surface area contributed by atoms with Crippen LogP contribution in [0.3, 0.4) is 0 Å². The minimum Gasteiger partial charge on any atom is -0.444 e. The van der Waals surface area contributed by atoms with Crippen LogP contribution in [-0.2, 0) is 9.53 Å². The van der Waals surface area contributed by atoms with Crippen molar-refractivity contribution in [2.24, 2.45) is 5.92 Å². The Morgan fingerprint density at radius 1 is 1.22 bits per heavy atom. The van der Waals surface area contributed by atoms with Gasteiger partial charge in [0.1, 0.15) is 29.4 Å². The summed E-state index contributed by atoms with van der Waals surface area (Å²) in [7, 11) is 2.03. The number of carbonyl (C=O) groups is 2. The van der Waals surface area contributed by atoms with E-state index in [1.165, 1.54) is 0 Å². The molecule has 3 atom stereocenters. The summed E-state index contributed by atoms with van der Waals surface area (Å²) in [5.74, 6) is 1.28. The number of hydrogen-bond donors (Lipinski definition) is 1. The fraction of sp³-hybridized carbons (Fsp3) is 0.652. The molecule has 2 fully saturated rings. The smallest absolute Gasteiger partial charge is 0.410 e. The molecular weight excluding hydrogens is 408 g/mol. The van der Waals surface area contributed by atoms with E-state index in [1.807, 2.05) is 45.0 Å². The Hall–Kier alpha value is -2.84. The van der Waals surface area contributed by atoms with Gasteiger partial charge in [-0.05, 0) is 52.0 Å². The van der Waals surface area contributed by atoms with Crippen molar-refractivity contribution < 1.29 is 14.3 Å². The molecule has 4 heterocycles. The summed E-state index contributed by atoms with van der Waals surface area (Å²) in [5, 5.41) is 0.970. The first-order chi connectivity index (χ1) is 15.2. The largest absolute Gasteiger partial charge is 0.444 e. The zero-order valence-electron chi connectivity index (χ0n) is 19.7. The van der Waals surface area contributed by atoms with Gasteiger partial charge in [0.2, 0.25) is 5.91 Å². The van der Waals surface area contributed by atoms with Gasteiger partial charge in [-0.2, -0.15) is 0 Å². The zero-order chi connectivity index (χ0) is 23.0. The average molecular weight is 443 g/mol. The standard InChI is InChI=1S/C23H34N6O3/c1-15-9-12-28(21(30)17-7-6-11-29(17)22(31)32-23(2,3)4)13-18(15)27(5)20-16-8-10-24-19(16)25-14-26-20/h8,10,14-15,17-18H,6-7,9,11-13H2,1-5H3,(H,24,25,26). The van der Waals surface area contributed by atoms with Crippen molar-refractivity contribution in [1.29, 1.82) is 0 Å². The predicted molar refractivity (Wildman–Crippen MR) is 122 cm³/mol. The molecule has 1 N–H and O–H groups in total. The first-order valence-corrected chi connectivity index (χ1v) is 11.4. The second-order valence-corrected chi connectivity index (χ2v) is 10.00. The van der Waals surface area contributed by atoms with Gasteiger partial charge in [-0.3, -0.25) is 9.69 Å². The summed E-state index contributed by atoms with van der Waals surface area (Å²) in [6.07, 6.45) is 5.43. The Labute approximate surface area is 189 Å². The van der Waals surface area contributed by atoms with E-state index in [-0.39, 0.29) is 11.9 Å². The fourth-order valence-corrected chi connectivity index (χ4v) is 4.82. The minimum atomic E-state index is -0.581. The molecule has 0 saturated carbocycles. The molecule has 2 aromatic rings. The number of carbonyl (C=O) groups excluding carboxylic acids is 2. The highest BCUT2D eigenvalue weighted by atomic mass is 16.6. The Balaban J connectivity index is 1.49. The molecule has 2 saturated heterocycles. The number of fused-ring (bicyclic) bond motifs is 1. The molecule has 4 rings (SSSR count). The van der Waals surface area contributed by atoms with Crippen LogP contribution in [0.1, 0.15) is 47.0 Å². The highest BCUT2D eigenvalue weighted by Crippen LogP contribution is 2.30. The van der Waals surface area contributed by atoms with Crippen LogP contribution in [0.25, 0.3) is 11.0 Å². The van der Waals surface area contributed by atoms with Gasteiger partial charge in [0, 0.05) is 32.9 Å². The van der Waals surface area contributed by atoms with Crippen LogP contribution in [-0.4, -0.2) is 81.1 Å². The number of nitrogens with one attached hydrogen (secondary N) is 1. The molecule has 3 unspecified atom stereocenters. The Morgan fingerprint density at radius 2 is 2.00 bits per heavy atom. The summed E-state index contributed by atoms with van der Waals surface area (Å²) in [6.45, 7) is 9.63. The summed E-state index contributed by atoms with van der Waals surface area (Å²) < 4.78 is 5.55. The fourth-order valence-electron chi connectivity index (χ4n) is 4.82. The number of piperidine rings is 1. The van der Waals surface area contributed by atoms with Crippen molar-refractivity contribution in [1.82, 2.24) is 24.8 Å². The first-order valence-electron chi connectivity index (χ1n) is 11.4. The van der Waals surface area contributed by atoms with Gasteiger partial charge in [0.15, 0.2) is 0 Å². The van der Waals surface area contributed by atoms with Crippen LogP contribution in [0.2, 0.25) is 0 Å². The van der Waals surface area contributed by atoms with Crippen LogP contribution < -0.4 is 4.90 Å². The molecule has 0 aromatic carbocycles. The van der Waals surface area contributed by atoms with Gasteiger partial charge < -0.3 is 19.5 Å². The normalized spacial score (nSPS) is 24.1. The molecule has 2 aliphatic rings. The summed E-state index contributed by atoms with van der Waals surface area (Å²) in [4.78, 5) is 43.8. The third-order valence-corrected chi connectivity index (χ3v) is 6.56. The van der Waals surface area contributed by atoms with Crippen molar-refractivity contribution in [2.45, 2.75) is 64.6 Å². The third kappa shape index (κ3) is 4.38. The van der Waals surface area contributed by atoms with E-state index < -0.39 is 17.7 Å². The molecule has 2 amide bonds. The molecule has 2 aliphatic heterocycles. The molecule has 0 aliphatic carbocycles. The van der Waals surface area contributed by atoms with E-state index in [0.29, 0.717) is 32.0 Å². The third-order valence-electron chi connectivity index (χ3n) is 6.56. The highest BCUT2D eigenvalue weighted by molar-refractivity contribution is 5.88. The lowest BCUT2D eigenvalue weighted by molar-refractivity contribution is -0.137. The van der Waals surface area contributed by atoms with Gasteiger partial charge in [-0.15, -0.1) is 0 Å². The minimum absolute atomic E-state index is 0.0214. The van der Waals surface area contributed by atoms with E-state index in [0.717, 1.165) is 29.7 Å². The Bertz CT molecular complexity index is 984. The second-order valence-electron chi connectivity index (χ2n) is 10.00. The number of rotatable bonds is 3. The summed E-state index contributed by atoms with van der Waals surface area (Å²) >= 11 is 0. The van der Waals surface area contributed by atoms with E-state index in [1.54, 1.807) is 11.2 Å². The molecule has 2 aromatic heterocycles. The van der Waals surface area contributed by atoms with E-state index in [2.05, 4.69) is 26.8 Å². The van der Waals surface area contributed by atoms with Crippen LogP contribution in [0, 0.1) is 5.92 Å². The maximum Gasteiger partial charge on any atom is 0.410 e. The van der Waals surface area contributed by atoms with Crippen LogP contribution in [0.5, 0.6) is 0 Å². The zero-order valence-corrected chi connectivity index (χ0v) is 19.7. The number of nitrogens with zero attached hydrogens (tertiary/aromatic N) is 5.